The molecule has 0 aromatic heterocycles. The minimum absolute atomic E-state index is 0.156. The number of rotatable bonds is 12. The molecular formula is C22H31N3O3. The Morgan fingerprint density at radius 1 is 0.964 bits per heavy atom. The highest BCUT2D eigenvalue weighted by molar-refractivity contribution is 5.92. The summed E-state index contributed by atoms with van der Waals surface area (Å²) in [4.78, 5) is 4.30. The monoisotopic (exact) mass is 385 g/mol. The molecule has 0 unspecified atom stereocenters. The highest BCUT2D eigenvalue weighted by Crippen LogP contribution is 2.16. The first-order chi connectivity index (χ1) is 13.6. The smallest absolute Gasteiger partial charge is 0.193 e. The molecule has 0 heterocycles. The van der Waals surface area contributed by atoms with Gasteiger partial charge in [0.25, 0.3) is 0 Å². The molecular weight excluding hydrogens is 354 g/mol. The molecule has 2 aromatic carbocycles. The van der Waals surface area contributed by atoms with Gasteiger partial charge in [0.2, 0.25) is 0 Å². The van der Waals surface area contributed by atoms with E-state index in [4.69, 9.17) is 19.9 Å². The predicted molar refractivity (Wildman–Crippen MR) is 114 cm³/mol. The maximum absolute atomic E-state index is 5.91. The van der Waals surface area contributed by atoms with Crippen LogP contribution in [-0.4, -0.2) is 38.4 Å². The molecule has 0 spiro atoms. The second-order valence-corrected chi connectivity index (χ2v) is 6.59. The standard InChI is InChI=1S/C22H31N3O3/c1-18(2)28-21-11-9-20(10-12-21)25-22(23)24-13-6-14-26-15-16-27-17-19-7-4-3-5-8-19/h3-5,7-12,18H,6,13-17H2,1-2H3,(H3,23,24,25). The number of anilines is 1. The molecule has 6 nitrogen and oxygen atoms in total. The number of nitrogens with one attached hydrogen (secondary N) is 1. The van der Waals surface area contributed by atoms with Crippen molar-refractivity contribution in [1.29, 1.82) is 0 Å². The van der Waals surface area contributed by atoms with Gasteiger partial charge in [-0.1, -0.05) is 30.3 Å². The summed E-state index contributed by atoms with van der Waals surface area (Å²) in [5.74, 6) is 1.23. The van der Waals surface area contributed by atoms with E-state index < -0.39 is 0 Å². The van der Waals surface area contributed by atoms with Crippen LogP contribution in [0.2, 0.25) is 0 Å². The third-order valence-corrected chi connectivity index (χ3v) is 3.71. The van der Waals surface area contributed by atoms with Crippen molar-refractivity contribution in [3.05, 3.63) is 60.2 Å². The van der Waals surface area contributed by atoms with Crippen molar-refractivity contribution in [1.82, 2.24) is 0 Å². The second kappa shape index (κ2) is 12.8. The number of guanidine groups is 1. The molecule has 0 amide bonds. The quantitative estimate of drug-likeness (QED) is 0.330. The fourth-order valence-corrected chi connectivity index (χ4v) is 2.43. The van der Waals surface area contributed by atoms with E-state index in [9.17, 15) is 0 Å². The average molecular weight is 386 g/mol. The van der Waals surface area contributed by atoms with Gasteiger partial charge in [-0.2, -0.15) is 0 Å². The van der Waals surface area contributed by atoms with Gasteiger partial charge in [-0.05, 0) is 50.1 Å². The van der Waals surface area contributed by atoms with Gasteiger partial charge in [0.05, 0.1) is 25.9 Å². The van der Waals surface area contributed by atoms with E-state index >= 15 is 0 Å². The summed E-state index contributed by atoms with van der Waals surface area (Å²) in [6, 6.07) is 17.7. The Balaban J connectivity index is 1.51. The molecule has 0 aliphatic carbocycles. The number of hydrogen-bond acceptors (Lipinski definition) is 4. The summed E-state index contributed by atoms with van der Waals surface area (Å²) in [5, 5.41) is 3.07. The van der Waals surface area contributed by atoms with Gasteiger partial charge in [0.1, 0.15) is 5.75 Å². The first-order valence-electron chi connectivity index (χ1n) is 9.66. The fourth-order valence-electron chi connectivity index (χ4n) is 2.43. The van der Waals surface area contributed by atoms with E-state index in [-0.39, 0.29) is 6.10 Å². The summed E-state index contributed by atoms with van der Waals surface area (Å²) in [6.07, 6.45) is 0.963. The predicted octanol–water partition coefficient (Wildman–Crippen LogP) is 3.82. The molecule has 3 N–H and O–H groups in total. The summed E-state index contributed by atoms with van der Waals surface area (Å²) >= 11 is 0. The van der Waals surface area contributed by atoms with E-state index in [1.807, 2.05) is 68.4 Å². The van der Waals surface area contributed by atoms with E-state index in [0.717, 1.165) is 17.9 Å². The van der Waals surface area contributed by atoms with Crippen molar-refractivity contribution >= 4 is 11.6 Å². The van der Waals surface area contributed by atoms with Crippen LogP contribution < -0.4 is 15.8 Å². The average Bonchev–Trinajstić information content (AvgIpc) is 2.68. The number of nitrogens with zero attached hydrogens (tertiary/aromatic N) is 1. The van der Waals surface area contributed by atoms with Gasteiger partial charge in [-0.3, -0.25) is 4.99 Å². The van der Waals surface area contributed by atoms with Crippen molar-refractivity contribution in [3.63, 3.8) is 0 Å². The van der Waals surface area contributed by atoms with Crippen molar-refractivity contribution in [2.24, 2.45) is 10.7 Å². The van der Waals surface area contributed by atoms with Crippen LogP contribution in [0.15, 0.2) is 59.6 Å². The van der Waals surface area contributed by atoms with Crippen LogP contribution in [0.4, 0.5) is 5.69 Å². The van der Waals surface area contributed by atoms with Gasteiger partial charge in [0, 0.05) is 18.8 Å². The first-order valence-corrected chi connectivity index (χ1v) is 9.66. The number of nitrogens with two attached hydrogens (primary N) is 1. The number of benzene rings is 2. The Morgan fingerprint density at radius 3 is 2.39 bits per heavy atom. The Hall–Kier alpha value is -2.57. The second-order valence-electron chi connectivity index (χ2n) is 6.59. The van der Waals surface area contributed by atoms with Crippen LogP contribution in [0.3, 0.4) is 0 Å². The van der Waals surface area contributed by atoms with Gasteiger partial charge >= 0.3 is 0 Å². The normalized spacial score (nSPS) is 11.6. The molecule has 0 aliphatic rings. The maximum atomic E-state index is 5.91. The van der Waals surface area contributed by atoms with Crippen LogP contribution in [0.5, 0.6) is 5.75 Å². The lowest BCUT2D eigenvalue weighted by Crippen LogP contribution is -2.23. The Morgan fingerprint density at radius 2 is 1.68 bits per heavy atom. The van der Waals surface area contributed by atoms with E-state index in [0.29, 0.717) is 38.9 Å². The topological polar surface area (TPSA) is 78.1 Å². The molecule has 28 heavy (non-hydrogen) atoms. The Bertz CT molecular complexity index is 688. The number of aliphatic imine (C=N–C) groups is 1. The molecule has 0 atom stereocenters. The summed E-state index contributed by atoms with van der Waals surface area (Å²) in [7, 11) is 0. The number of hydrogen-bond donors (Lipinski definition) is 2. The highest BCUT2D eigenvalue weighted by Gasteiger charge is 1.99. The fraction of sp³-hybridized carbons (Fsp3) is 0.409. The summed E-state index contributed by atoms with van der Waals surface area (Å²) in [5.41, 5.74) is 7.95. The molecule has 2 rings (SSSR count). The largest absolute Gasteiger partial charge is 0.491 e. The van der Waals surface area contributed by atoms with Crippen LogP contribution in [-0.2, 0) is 16.1 Å². The van der Waals surface area contributed by atoms with Crippen molar-refractivity contribution in [2.45, 2.75) is 33.0 Å². The molecule has 152 valence electrons. The zero-order valence-electron chi connectivity index (χ0n) is 16.8. The summed E-state index contributed by atoms with van der Waals surface area (Å²) in [6.45, 7) is 7.01. The molecule has 0 fully saturated rings. The van der Waals surface area contributed by atoms with Crippen molar-refractivity contribution in [2.75, 3.05) is 31.7 Å². The molecule has 0 bridgehead atoms. The molecule has 2 aromatic rings. The molecule has 0 saturated heterocycles. The SMILES string of the molecule is CC(C)Oc1ccc(NC(N)=NCCCOCCOCc2ccccc2)cc1. The summed E-state index contributed by atoms with van der Waals surface area (Å²) < 4.78 is 16.7. The lowest BCUT2D eigenvalue weighted by Gasteiger charge is -2.11. The van der Waals surface area contributed by atoms with Crippen molar-refractivity contribution in [3.8, 4) is 5.75 Å². The lowest BCUT2D eigenvalue weighted by atomic mass is 10.2. The molecule has 6 heteroatoms. The van der Waals surface area contributed by atoms with Crippen molar-refractivity contribution < 1.29 is 14.2 Å². The third kappa shape index (κ3) is 9.39. The van der Waals surface area contributed by atoms with Gasteiger partial charge in [-0.25, -0.2) is 0 Å². The highest BCUT2D eigenvalue weighted by atomic mass is 16.5. The Labute approximate surface area is 167 Å². The minimum Gasteiger partial charge on any atom is -0.491 e. The molecule has 0 saturated carbocycles. The zero-order chi connectivity index (χ0) is 20.0. The van der Waals surface area contributed by atoms with Crippen LogP contribution in [0.25, 0.3) is 0 Å². The van der Waals surface area contributed by atoms with Gasteiger partial charge in [0.15, 0.2) is 5.96 Å². The molecule has 0 radical (unpaired) electrons. The number of ether oxygens (including phenoxy) is 3. The first kappa shape index (κ1) is 21.7. The third-order valence-electron chi connectivity index (χ3n) is 3.71. The lowest BCUT2D eigenvalue weighted by molar-refractivity contribution is 0.0403. The van der Waals surface area contributed by atoms with Gasteiger partial charge < -0.3 is 25.3 Å². The van der Waals surface area contributed by atoms with Gasteiger partial charge in [-0.15, -0.1) is 0 Å². The van der Waals surface area contributed by atoms with E-state index in [1.165, 1.54) is 5.56 Å². The van der Waals surface area contributed by atoms with Crippen LogP contribution in [0, 0.1) is 0 Å². The van der Waals surface area contributed by atoms with E-state index in [1.54, 1.807) is 0 Å². The Kier molecular flexibility index (Phi) is 9.89. The maximum Gasteiger partial charge on any atom is 0.193 e. The zero-order valence-corrected chi connectivity index (χ0v) is 16.8. The van der Waals surface area contributed by atoms with E-state index in [2.05, 4.69) is 10.3 Å². The molecule has 0 aliphatic heterocycles. The van der Waals surface area contributed by atoms with Crippen LogP contribution in [0.1, 0.15) is 25.8 Å². The van der Waals surface area contributed by atoms with Crippen LogP contribution >= 0.6 is 0 Å². The minimum atomic E-state index is 0.156.